The van der Waals surface area contributed by atoms with Crippen molar-refractivity contribution in [3.8, 4) is 0 Å². The van der Waals surface area contributed by atoms with E-state index in [9.17, 15) is 0 Å². The Kier molecular flexibility index (Phi) is 4.90. The average Bonchev–Trinajstić information content (AvgIpc) is 2.88. The van der Waals surface area contributed by atoms with Gasteiger partial charge in [0.25, 0.3) is 0 Å². The highest BCUT2D eigenvalue weighted by Gasteiger charge is 2.27. The summed E-state index contributed by atoms with van der Waals surface area (Å²) >= 11 is 0. The third kappa shape index (κ3) is 3.39. The van der Waals surface area contributed by atoms with Gasteiger partial charge in [-0.2, -0.15) is 5.10 Å². The van der Waals surface area contributed by atoms with Gasteiger partial charge in [-0.1, -0.05) is 30.3 Å². The van der Waals surface area contributed by atoms with Crippen LogP contribution in [0, 0.1) is 19.8 Å². The smallest absolute Gasteiger partial charge is 0.0865 e. The predicted octanol–water partition coefficient (Wildman–Crippen LogP) is 3.28. The summed E-state index contributed by atoms with van der Waals surface area (Å²) in [6, 6.07) is 10.6. The first-order valence-electron chi connectivity index (χ1n) is 8.13. The minimum atomic E-state index is 0.217. The fourth-order valence-electron chi connectivity index (χ4n) is 3.28. The number of aryl methyl sites for hydroxylation is 2. The van der Waals surface area contributed by atoms with Crippen molar-refractivity contribution >= 4 is 0 Å². The van der Waals surface area contributed by atoms with Gasteiger partial charge in [-0.15, -0.1) is 0 Å². The van der Waals surface area contributed by atoms with Crippen molar-refractivity contribution in [1.82, 2.24) is 15.5 Å². The molecule has 2 atom stereocenters. The minimum absolute atomic E-state index is 0.217. The Bertz CT molecular complexity index is 574. The van der Waals surface area contributed by atoms with E-state index in [1.165, 1.54) is 17.5 Å². The van der Waals surface area contributed by atoms with Crippen LogP contribution >= 0.6 is 0 Å². The van der Waals surface area contributed by atoms with Crippen LogP contribution in [0.1, 0.15) is 41.5 Å². The van der Waals surface area contributed by atoms with E-state index in [1.807, 2.05) is 0 Å². The first-order valence-corrected chi connectivity index (χ1v) is 8.13. The predicted molar refractivity (Wildman–Crippen MR) is 87.6 cm³/mol. The van der Waals surface area contributed by atoms with E-state index in [0.717, 1.165) is 37.5 Å². The van der Waals surface area contributed by atoms with Gasteiger partial charge in [0.2, 0.25) is 0 Å². The van der Waals surface area contributed by atoms with Crippen molar-refractivity contribution in [2.24, 2.45) is 5.92 Å². The van der Waals surface area contributed by atoms with Crippen molar-refractivity contribution in [1.29, 1.82) is 0 Å². The Balaban J connectivity index is 1.60. The third-order valence-electron chi connectivity index (χ3n) is 4.56. The molecule has 0 unspecified atom stereocenters. The van der Waals surface area contributed by atoms with Gasteiger partial charge in [-0.05, 0) is 32.3 Å². The molecule has 0 bridgehead atoms. The number of nitrogens with one attached hydrogen (secondary N) is 2. The Labute approximate surface area is 132 Å². The quantitative estimate of drug-likeness (QED) is 0.891. The molecule has 2 N–H and O–H groups in total. The zero-order chi connectivity index (χ0) is 15.4. The summed E-state index contributed by atoms with van der Waals surface area (Å²) < 4.78 is 6.05. The molecule has 1 aromatic heterocycles. The largest absolute Gasteiger partial charge is 0.373 e. The summed E-state index contributed by atoms with van der Waals surface area (Å²) in [5, 5.41) is 10.9. The van der Waals surface area contributed by atoms with Crippen LogP contribution in [0.5, 0.6) is 0 Å². The Hall–Kier alpha value is -1.65. The van der Waals surface area contributed by atoms with Crippen molar-refractivity contribution in [2.75, 3.05) is 13.2 Å². The van der Waals surface area contributed by atoms with Crippen LogP contribution in [-0.2, 0) is 11.3 Å². The van der Waals surface area contributed by atoms with Crippen molar-refractivity contribution in [3.05, 3.63) is 52.8 Å². The van der Waals surface area contributed by atoms with Crippen LogP contribution < -0.4 is 5.32 Å². The van der Waals surface area contributed by atoms with Gasteiger partial charge in [0.1, 0.15) is 0 Å². The molecule has 0 radical (unpaired) electrons. The van der Waals surface area contributed by atoms with Crippen molar-refractivity contribution in [2.45, 2.75) is 39.3 Å². The molecule has 2 heterocycles. The molecule has 0 aliphatic carbocycles. The lowest BCUT2D eigenvalue weighted by Gasteiger charge is -2.32. The number of aromatic amines is 1. The van der Waals surface area contributed by atoms with E-state index < -0.39 is 0 Å². The molecule has 4 nitrogen and oxygen atoms in total. The summed E-state index contributed by atoms with van der Waals surface area (Å²) in [5.74, 6) is 0.531. The molecule has 22 heavy (non-hydrogen) atoms. The van der Waals surface area contributed by atoms with Crippen LogP contribution in [0.3, 0.4) is 0 Å². The van der Waals surface area contributed by atoms with Gasteiger partial charge in [-0.3, -0.25) is 5.10 Å². The summed E-state index contributed by atoms with van der Waals surface area (Å²) in [7, 11) is 0. The molecule has 1 aliphatic rings. The van der Waals surface area contributed by atoms with Gasteiger partial charge < -0.3 is 10.1 Å². The monoisotopic (exact) mass is 299 g/mol. The molecular weight excluding hydrogens is 274 g/mol. The molecule has 1 aromatic carbocycles. The second kappa shape index (κ2) is 7.07. The number of aromatic nitrogens is 2. The molecule has 0 saturated carbocycles. The fourth-order valence-corrected chi connectivity index (χ4v) is 3.28. The molecule has 4 heteroatoms. The van der Waals surface area contributed by atoms with Gasteiger partial charge in [-0.25, -0.2) is 0 Å². The highest BCUT2D eigenvalue weighted by atomic mass is 16.5. The summed E-state index contributed by atoms with van der Waals surface area (Å²) in [5.41, 5.74) is 4.83. The molecule has 2 aromatic rings. The lowest BCUT2D eigenvalue weighted by atomic mass is 9.89. The number of hydrogen-bond acceptors (Lipinski definition) is 3. The normalized spacial score (nSPS) is 21.9. The molecule has 1 saturated heterocycles. The average molecular weight is 299 g/mol. The van der Waals surface area contributed by atoms with Crippen molar-refractivity contribution < 1.29 is 4.74 Å². The van der Waals surface area contributed by atoms with Gasteiger partial charge in [0, 0.05) is 36.9 Å². The second-order valence-electron chi connectivity index (χ2n) is 6.15. The fraction of sp³-hybridized carbons (Fsp3) is 0.500. The maximum atomic E-state index is 6.05. The molecule has 1 fully saturated rings. The van der Waals surface area contributed by atoms with E-state index in [2.05, 4.69) is 59.7 Å². The first-order chi connectivity index (χ1) is 10.8. The van der Waals surface area contributed by atoms with Crippen LogP contribution in [0.4, 0.5) is 0 Å². The topological polar surface area (TPSA) is 49.9 Å². The number of rotatable bonds is 5. The highest BCUT2D eigenvalue weighted by Crippen LogP contribution is 2.33. The maximum Gasteiger partial charge on any atom is 0.0865 e. The minimum Gasteiger partial charge on any atom is -0.373 e. The Morgan fingerprint density at radius 2 is 2.09 bits per heavy atom. The number of hydrogen-bond donors (Lipinski definition) is 2. The molecule has 0 amide bonds. The second-order valence-corrected chi connectivity index (χ2v) is 6.15. The zero-order valence-electron chi connectivity index (χ0n) is 13.4. The van der Waals surface area contributed by atoms with Crippen molar-refractivity contribution in [3.63, 3.8) is 0 Å². The van der Waals surface area contributed by atoms with E-state index in [-0.39, 0.29) is 6.10 Å². The summed E-state index contributed by atoms with van der Waals surface area (Å²) in [4.78, 5) is 0. The SMILES string of the molecule is Cc1n[nH]c(C)c1CNC[C@H]1CCCO[C@H]1c1ccccc1. The van der Waals surface area contributed by atoms with Gasteiger partial charge in [0.05, 0.1) is 11.8 Å². The van der Waals surface area contributed by atoms with Crippen LogP contribution in [0.25, 0.3) is 0 Å². The lowest BCUT2D eigenvalue weighted by molar-refractivity contribution is -0.0278. The van der Waals surface area contributed by atoms with Crippen LogP contribution in [0.2, 0.25) is 0 Å². The molecule has 0 spiro atoms. The van der Waals surface area contributed by atoms with Gasteiger partial charge >= 0.3 is 0 Å². The summed E-state index contributed by atoms with van der Waals surface area (Å²) in [6.45, 7) is 6.84. The third-order valence-corrected chi connectivity index (χ3v) is 4.56. The van der Waals surface area contributed by atoms with E-state index in [1.54, 1.807) is 0 Å². The van der Waals surface area contributed by atoms with E-state index in [0.29, 0.717) is 5.92 Å². The number of benzene rings is 1. The zero-order valence-corrected chi connectivity index (χ0v) is 13.4. The summed E-state index contributed by atoms with van der Waals surface area (Å²) in [6.07, 6.45) is 2.59. The molecule has 3 rings (SSSR count). The Morgan fingerprint density at radius 1 is 1.27 bits per heavy atom. The molecule has 118 valence electrons. The maximum absolute atomic E-state index is 6.05. The molecular formula is C18H25N3O. The van der Waals surface area contributed by atoms with E-state index in [4.69, 9.17) is 4.74 Å². The number of nitrogens with zero attached hydrogens (tertiary/aromatic N) is 1. The standard InChI is InChI=1S/C18H25N3O/c1-13-17(14(2)21-20-13)12-19-11-16-9-6-10-22-18(16)15-7-4-3-5-8-15/h3-5,7-8,16,18-19H,6,9-12H2,1-2H3,(H,20,21)/t16-,18+/m1/s1. The molecule has 1 aliphatic heterocycles. The number of H-pyrrole nitrogens is 1. The van der Waals surface area contributed by atoms with Crippen LogP contribution in [0.15, 0.2) is 30.3 Å². The highest BCUT2D eigenvalue weighted by molar-refractivity contribution is 5.23. The first kappa shape index (κ1) is 15.3. The number of ether oxygens (including phenoxy) is 1. The Morgan fingerprint density at radius 3 is 2.82 bits per heavy atom. The van der Waals surface area contributed by atoms with E-state index >= 15 is 0 Å². The van der Waals surface area contributed by atoms with Gasteiger partial charge in [0.15, 0.2) is 0 Å². The lowest BCUT2D eigenvalue weighted by Crippen LogP contribution is -2.31. The van der Waals surface area contributed by atoms with Crippen LogP contribution in [-0.4, -0.2) is 23.3 Å².